The van der Waals surface area contributed by atoms with Crippen LogP contribution in [-0.2, 0) is 4.79 Å². The molecule has 2 heteroatoms. The second-order valence-corrected chi connectivity index (χ2v) is 8.15. The molecule has 0 saturated heterocycles. The van der Waals surface area contributed by atoms with Gasteiger partial charge in [0.15, 0.2) is 0 Å². The Hall–Kier alpha value is -0.790. The van der Waals surface area contributed by atoms with Gasteiger partial charge in [-0.05, 0) is 69.1 Å². The summed E-state index contributed by atoms with van der Waals surface area (Å²) in [6.07, 6.45) is 11.1. The highest BCUT2D eigenvalue weighted by Crippen LogP contribution is 2.51. The minimum Gasteiger partial charge on any atom is -0.342 e. The Morgan fingerprint density at radius 1 is 1.27 bits per heavy atom. The second-order valence-electron chi connectivity index (χ2n) is 8.15. The molecule has 0 aromatic rings. The van der Waals surface area contributed by atoms with Crippen LogP contribution in [0.1, 0.15) is 65.7 Å². The zero-order valence-electron chi connectivity index (χ0n) is 14.7. The second kappa shape index (κ2) is 6.76. The fraction of sp³-hybridized carbons (Fsp3) is 0.850. The summed E-state index contributed by atoms with van der Waals surface area (Å²) in [6, 6.07) is 0. The molecule has 0 N–H and O–H groups in total. The maximum Gasteiger partial charge on any atom is 0.225 e. The molecule has 22 heavy (non-hydrogen) atoms. The molecule has 3 aliphatic rings. The molecule has 0 heterocycles. The van der Waals surface area contributed by atoms with Crippen molar-refractivity contribution in [2.45, 2.75) is 65.7 Å². The van der Waals surface area contributed by atoms with Gasteiger partial charge in [-0.25, -0.2) is 0 Å². The number of carbonyl (C=O) groups excluding carboxylic acids is 1. The molecule has 0 aliphatic heterocycles. The molecular weight excluding hydrogens is 270 g/mol. The predicted octanol–water partition coefficient (Wildman–Crippen LogP) is 4.65. The molecule has 0 radical (unpaired) electrons. The van der Waals surface area contributed by atoms with Crippen LogP contribution < -0.4 is 0 Å². The Morgan fingerprint density at radius 3 is 2.68 bits per heavy atom. The minimum absolute atomic E-state index is 0.383. The largest absolute Gasteiger partial charge is 0.342 e. The van der Waals surface area contributed by atoms with E-state index in [0.29, 0.717) is 11.8 Å². The van der Waals surface area contributed by atoms with Crippen molar-refractivity contribution in [1.82, 2.24) is 4.90 Å². The molecule has 124 valence electrons. The van der Waals surface area contributed by atoms with E-state index < -0.39 is 0 Å². The van der Waals surface area contributed by atoms with Gasteiger partial charge in [0.25, 0.3) is 0 Å². The van der Waals surface area contributed by atoms with Crippen LogP contribution in [0.3, 0.4) is 0 Å². The third kappa shape index (κ3) is 3.75. The van der Waals surface area contributed by atoms with Gasteiger partial charge in [-0.3, -0.25) is 4.79 Å². The third-order valence-corrected chi connectivity index (χ3v) is 6.10. The smallest absolute Gasteiger partial charge is 0.225 e. The molecule has 3 unspecified atom stereocenters. The van der Waals surface area contributed by atoms with Crippen molar-refractivity contribution in [1.29, 1.82) is 0 Å². The van der Waals surface area contributed by atoms with Gasteiger partial charge in [0.1, 0.15) is 0 Å². The molecule has 4 atom stereocenters. The van der Waals surface area contributed by atoms with Gasteiger partial charge in [-0.1, -0.05) is 31.9 Å². The maximum atomic E-state index is 12.5. The van der Waals surface area contributed by atoms with E-state index in [9.17, 15) is 4.79 Å². The Morgan fingerprint density at radius 2 is 2.05 bits per heavy atom. The van der Waals surface area contributed by atoms with Crippen molar-refractivity contribution in [3.8, 4) is 0 Å². The summed E-state index contributed by atoms with van der Waals surface area (Å²) in [5.41, 5.74) is 1.58. The fourth-order valence-corrected chi connectivity index (χ4v) is 4.43. The van der Waals surface area contributed by atoms with Crippen LogP contribution in [0.25, 0.3) is 0 Å². The Bertz CT molecular complexity index is 437. The van der Waals surface area contributed by atoms with Crippen LogP contribution in [0, 0.1) is 29.6 Å². The number of hydrogen-bond donors (Lipinski definition) is 0. The van der Waals surface area contributed by atoms with E-state index in [4.69, 9.17) is 0 Å². The van der Waals surface area contributed by atoms with Crippen LogP contribution in [0.2, 0.25) is 0 Å². The van der Waals surface area contributed by atoms with Gasteiger partial charge in [0.05, 0.1) is 0 Å². The molecule has 1 amide bonds. The van der Waals surface area contributed by atoms with E-state index in [0.717, 1.165) is 56.0 Å². The van der Waals surface area contributed by atoms with Gasteiger partial charge >= 0.3 is 0 Å². The topological polar surface area (TPSA) is 20.3 Å². The lowest BCUT2D eigenvalue weighted by atomic mass is 9.78. The Balaban J connectivity index is 1.53. The molecule has 2 nitrogen and oxygen atoms in total. The predicted molar refractivity (Wildman–Crippen MR) is 91.5 cm³/mol. The SMILES string of the molecule is CCCCN(C[C@H]1CC1C1CCC(C)=CC1C)C(=O)C1CC1. The molecule has 0 bridgehead atoms. The van der Waals surface area contributed by atoms with E-state index in [-0.39, 0.29) is 0 Å². The number of rotatable bonds is 7. The van der Waals surface area contributed by atoms with Crippen LogP contribution in [-0.4, -0.2) is 23.9 Å². The van der Waals surface area contributed by atoms with Crippen LogP contribution >= 0.6 is 0 Å². The molecule has 0 spiro atoms. The van der Waals surface area contributed by atoms with E-state index >= 15 is 0 Å². The highest BCUT2D eigenvalue weighted by Gasteiger charge is 2.46. The van der Waals surface area contributed by atoms with Crippen molar-refractivity contribution >= 4 is 5.91 Å². The van der Waals surface area contributed by atoms with Crippen molar-refractivity contribution in [2.24, 2.45) is 29.6 Å². The highest BCUT2D eigenvalue weighted by molar-refractivity contribution is 5.81. The number of nitrogens with zero attached hydrogens (tertiary/aromatic N) is 1. The summed E-state index contributed by atoms with van der Waals surface area (Å²) in [5, 5.41) is 0. The number of unbranched alkanes of at least 4 members (excludes halogenated alkanes) is 1. The Labute approximate surface area is 136 Å². The van der Waals surface area contributed by atoms with Crippen LogP contribution in [0.15, 0.2) is 11.6 Å². The average Bonchev–Trinajstić information content (AvgIpc) is 3.37. The van der Waals surface area contributed by atoms with E-state index in [1.165, 1.54) is 25.7 Å². The summed E-state index contributed by atoms with van der Waals surface area (Å²) < 4.78 is 0. The number of allylic oxidation sites excluding steroid dienone is 2. The van der Waals surface area contributed by atoms with Crippen molar-refractivity contribution in [3.63, 3.8) is 0 Å². The monoisotopic (exact) mass is 303 g/mol. The van der Waals surface area contributed by atoms with Crippen LogP contribution in [0.5, 0.6) is 0 Å². The number of hydrogen-bond acceptors (Lipinski definition) is 1. The lowest BCUT2D eigenvalue weighted by molar-refractivity contribution is -0.133. The first kappa shape index (κ1) is 16.1. The summed E-state index contributed by atoms with van der Waals surface area (Å²) >= 11 is 0. The van der Waals surface area contributed by atoms with E-state index in [1.54, 1.807) is 5.57 Å². The van der Waals surface area contributed by atoms with Gasteiger partial charge in [-0.15, -0.1) is 0 Å². The van der Waals surface area contributed by atoms with Gasteiger partial charge in [0, 0.05) is 19.0 Å². The number of amides is 1. The summed E-state index contributed by atoms with van der Waals surface area (Å²) in [4.78, 5) is 14.7. The first-order valence-electron chi connectivity index (χ1n) is 9.56. The number of carbonyl (C=O) groups is 1. The van der Waals surface area contributed by atoms with Crippen molar-refractivity contribution in [3.05, 3.63) is 11.6 Å². The zero-order valence-corrected chi connectivity index (χ0v) is 14.7. The van der Waals surface area contributed by atoms with E-state index in [1.807, 2.05) is 0 Å². The standard InChI is InChI=1S/C20H33NO/c1-4-5-10-21(20(22)16-7-8-16)13-17-12-19(17)18-9-6-14(2)11-15(18)3/h11,15-19H,4-10,12-13H2,1-3H3/t15?,17-,18?,19?/m1/s1. The first-order valence-corrected chi connectivity index (χ1v) is 9.56. The maximum absolute atomic E-state index is 12.5. The Kier molecular flexibility index (Phi) is 4.94. The van der Waals surface area contributed by atoms with E-state index in [2.05, 4.69) is 31.7 Å². The zero-order chi connectivity index (χ0) is 15.7. The summed E-state index contributed by atoms with van der Waals surface area (Å²) in [5.74, 6) is 4.14. The quantitative estimate of drug-likeness (QED) is 0.627. The summed E-state index contributed by atoms with van der Waals surface area (Å²) in [6.45, 7) is 8.93. The average molecular weight is 303 g/mol. The summed E-state index contributed by atoms with van der Waals surface area (Å²) in [7, 11) is 0. The lowest BCUT2D eigenvalue weighted by Gasteiger charge is -2.28. The van der Waals surface area contributed by atoms with Crippen LogP contribution in [0.4, 0.5) is 0 Å². The first-order chi connectivity index (χ1) is 10.6. The highest BCUT2D eigenvalue weighted by atomic mass is 16.2. The molecule has 2 fully saturated rings. The van der Waals surface area contributed by atoms with Gasteiger partial charge < -0.3 is 4.90 Å². The lowest BCUT2D eigenvalue weighted by Crippen LogP contribution is -2.35. The molecule has 2 saturated carbocycles. The fourth-order valence-electron chi connectivity index (χ4n) is 4.43. The molecule has 0 aromatic heterocycles. The molecule has 3 aliphatic carbocycles. The van der Waals surface area contributed by atoms with Gasteiger partial charge in [0.2, 0.25) is 5.91 Å². The normalized spacial score (nSPS) is 34.2. The minimum atomic E-state index is 0.383. The van der Waals surface area contributed by atoms with Crippen molar-refractivity contribution in [2.75, 3.05) is 13.1 Å². The van der Waals surface area contributed by atoms with Gasteiger partial charge in [-0.2, -0.15) is 0 Å². The molecule has 3 rings (SSSR count). The molecule has 0 aromatic carbocycles. The third-order valence-electron chi connectivity index (χ3n) is 6.10. The van der Waals surface area contributed by atoms with Crippen molar-refractivity contribution < 1.29 is 4.79 Å². The molecular formula is C20H33NO.